The lowest BCUT2D eigenvalue weighted by molar-refractivity contribution is 0.112. The van der Waals surface area contributed by atoms with Crippen molar-refractivity contribution in [2.75, 3.05) is 0 Å². The smallest absolute Gasteiger partial charge is 0.229 e. The van der Waals surface area contributed by atoms with Crippen molar-refractivity contribution in [3.63, 3.8) is 0 Å². The molecular weight excluding hydrogens is 228 g/mol. The van der Waals surface area contributed by atoms with Crippen LogP contribution in [0.5, 0.6) is 11.6 Å². The zero-order valence-electron chi connectivity index (χ0n) is 9.75. The predicted octanol–water partition coefficient (Wildman–Crippen LogP) is 2.87. The van der Waals surface area contributed by atoms with Crippen LogP contribution in [0.4, 0.5) is 0 Å². The number of rotatable bonds is 3. The number of carbonyl (C=O) groups excluding carboxylic acids is 1. The lowest BCUT2D eigenvalue weighted by Crippen LogP contribution is -1.95. The monoisotopic (exact) mass is 238 g/mol. The van der Waals surface area contributed by atoms with Gasteiger partial charge in [0.05, 0.1) is 17.2 Å². The molecule has 0 unspecified atom stereocenters. The second kappa shape index (κ2) is 5.11. The largest absolute Gasteiger partial charge is 0.438 e. The van der Waals surface area contributed by atoms with Gasteiger partial charge in [-0.15, -0.1) is 0 Å². The Morgan fingerprint density at radius 1 is 1.39 bits per heavy atom. The van der Waals surface area contributed by atoms with Crippen LogP contribution in [0.2, 0.25) is 0 Å². The summed E-state index contributed by atoms with van der Waals surface area (Å²) in [6.07, 6.45) is 2.23. The molecule has 0 amide bonds. The second-order valence-corrected chi connectivity index (χ2v) is 3.71. The molecule has 0 fully saturated rings. The Kier molecular flexibility index (Phi) is 3.35. The Labute approximate surface area is 104 Å². The van der Waals surface area contributed by atoms with Crippen molar-refractivity contribution < 1.29 is 9.53 Å². The van der Waals surface area contributed by atoms with Gasteiger partial charge in [-0.1, -0.05) is 6.07 Å². The van der Waals surface area contributed by atoms with E-state index in [-0.39, 0.29) is 5.88 Å². The van der Waals surface area contributed by atoms with Gasteiger partial charge in [-0.3, -0.25) is 4.79 Å². The summed E-state index contributed by atoms with van der Waals surface area (Å²) in [4.78, 5) is 14.9. The fourth-order valence-electron chi connectivity index (χ4n) is 1.46. The molecule has 1 aromatic heterocycles. The number of hydrogen-bond donors (Lipinski definition) is 0. The van der Waals surface area contributed by atoms with Gasteiger partial charge >= 0.3 is 0 Å². The van der Waals surface area contributed by atoms with E-state index in [0.717, 1.165) is 5.56 Å². The minimum atomic E-state index is 0.241. The zero-order valence-corrected chi connectivity index (χ0v) is 9.75. The molecule has 0 saturated carbocycles. The van der Waals surface area contributed by atoms with Crippen molar-refractivity contribution >= 4 is 6.29 Å². The minimum absolute atomic E-state index is 0.241. The van der Waals surface area contributed by atoms with Gasteiger partial charge in [-0.25, -0.2) is 4.98 Å². The van der Waals surface area contributed by atoms with Gasteiger partial charge in [-0.05, 0) is 36.8 Å². The highest BCUT2D eigenvalue weighted by Gasteiger charge is 2.08. The van der Waals surface area contributed by atoms with Crippen LogP contribution in [0.25, 0.3) is 0 Å². The van der Waals surface area contributed by atoms with E-state index in [1.54, 1.807) is 36.5 Å². The molecule has 2 rings (SSSR count). The zero-order chi connectivity index (χ0) is 13.0. The van der Waals surface area contributed by atoms with E-state index in [0.29, 0.717) is 23.2 Å². The number of aldehydes is 1. The first-order valence-electron chi connectivity index (χ1n) is 5.33. The lowest BCUT2D eigenvalue weighted by Gasteiger charge is -2.09. The van der Waals surface area contributed by atoms with Crippen LogP contribution in [-0.4, -0.2) is 11.3 Å². The molecule has 0 bridgehead atoms. The Hall–Kier alpha value is -2.67. The molecule has 0 atom stereocenters. The fourth-order valence-corrected chi connectivity index (χ4v) is 1.46. The molecule has 0 aliphatic heterocycles. The Morgan fingerprint density at radius 2 is 2.22 bits per heavy atom. The van der Waals surface area contributed by atoms with Crippen molar-refractivity contribution in [1.82, 2.24) is 4.98 Å². The maximum atomic E-state index is 10.9. The van der Waals surface area contributed by atoms with Crippen LogP contribution in [0.3, 0.4) is 0 Å². The molecule has 0 N–H and O–H groups in total. The predicted molar refractivity (Wildman–Crippen MR) is 65.6 cm³/mol. The summed E-state index contributed by atoms with van der Waals surface area (Å²) in [6.45, 7) is 1.86. The highest BCUT2D eigenvalue weighted by atomic mass is 16.5. The molecule has 4 nitrogen and oxygen atoms in total. The third-order valence-corrected chi connectivity index (χ3v) is 2.45. The summed E-state index contributed by atoms with van der Waals surface area (Å²) in [5.74, 6) is 0.765. The summed E-state index contributed by atoms with van der Waals surface area (Å²) in [6, 6.07) is 10.4. The molecule has 0 radical (unpaired) electrons. The average molecular weight is 238 g/mol. The van der Waals surface area contributed by atoms with E-state index in [4.69, 9.17) is 10.00 Å². The van der Waals surface area contributed by atoms with E-state index in [2.05, 4.69) is 4.98 Å². The molecule has 1 aromatic carbocycles. The number of aryl methyl sites for hydroxylation is 1. The van der Waals surface area contributed by atoms with Crippen LogP contribution in [-0.2, 0) is 0 Å². The summed E-state index contributed by atoms with van der Waals surface area (Å²) < 4.78 is 5.58. The van der Waals surface area contributed by atoms with Gasteiger partial charge in [0.15, 0.2) is 6.29 Å². The van der Waals surface area contributed by atoms with E-state index in [1.807, 2.05) is 13.0 Å². The number of carbonyl (C=O) groups is 1. The molecule has 1 heterocycles. The van der Waals surface area contributed by atoms with E-state index in [9.17, 15) is 4.79 Å². The third kappa shape index (κ3) is 2.36. The van der Waals surface area contributed by atoms with Gasteiger partial charge in [0, 0.05) is 6.20 Å². The van der Waals surface area contributed by atoms with E-state index >= 15 is 0 Å². The van der Waals surface area contributed by atoms with E-state index in [1.165, 1.54) is 0 Å². The van der Waals surface area contributed by atoms with E-state index < -0.39 is 0 Å². The van der Waals surface area contributed by atoms with Crippen molar-refractivity contribution in [2.24, 2.45) is 0 Å². The number of ether oxygens (including phenoxy) is 1. The highest BCUT2D eigenvalue weighted by molar-refractivity contribution is 5.78. The maximum absolute atomic E-state index is 10.9. The molecule has 0 spiro atoms. The topological polar surface area (TPSA) is 63.0 Å². The average Bonchev–Trinajstić information content (AvgIpc) is 2.42. The maximum Gasteiger partial charge on any atom is 0.229 e. The first-order chi connectivity index (χ1) is 8.74. The van der Waals surface area contributed by atoms with Crippen LogP contribution in [0.1, 0.15) is 21.5 Å². The first kappa shape index (κ1) is 11.8. The SMILES string of the molecule is Cc1ccc(C#N)cc1Oc1ncccc1C=O. The van der Waals surface area contributed by atoms with Gasteiger partial charge in [-0.2, -0.15) is 5.26 Å². The van der Waals surface area contributed by atoms with Crippen molar-refractivity contribution in [3.05, 3.63) is 53.2 Å². The fraction of sp³-hybridized carbons (Fsp3) is 0.0714. The highest BCUT2D eigenvalue weighted by Crippen LogP contribution is 2.26. The van der Waals surface area contributed by atoms with Gasteiger partial charge in [0.2, 0.25) is 5.88 Å². The molecule has 0 aliphatic carbocycles. The summed E-state index contributed by atoms with van der Waals surface area (Å²) in [5, 5.41) is 8.84. The number of pyridine rings is 1. The number of hydrogen-bond acceptors (Lipinski definition) is 4. The number of nitrogens with zero attached hydrogens (tertiary/aromatic N) is 2. The standard InChI is InChI=1S/C14H10N2O2/c1-10-4-5-11(8-15)7-13(10)18-14-12(9-17)3-2-6-16-14/h2-7,9H,1H3. The van der Waals surface area contributed by atoms with Crippen molar-refractivity contribution in [2.45, 2.75) is 6.92 Å². The number of benzene rings is 1. The third-order valence-electron chi connectivity index (χ3n) is 2.45. The normalized spacial score (nSPS) is 9.56. The van der Waals surface area contributed by atoms with Crippen LogP contribution in [0, 0.1) is 18.3 Å². The van der Waals surface area contributed by atoms with Crippen molar-refractivity contribution in [3.8, 4) is 17.7 Å². The molecule has 0 saturated heterocycles. The summed E-state index contributed by atoms with van der Waals surface area (Å²) in [5.41, 5.74) is 1.75. The van der Waals surface area contributed by atoms with Crippen LogP contribution >= 0.6 is 0 Å². The van der Waals surface area contributed by atoms with Crippen LogP contribution in [0.15, 0.2) is 36.5 Å². The summed E-state index contributed by atoms with van der Waals surface area (Å²) >= 11 is 0. The van der Waals surface area contributed by atoms with Gasteiger partial charge < -0.3 is 4.74 Å². The number of aromatic nitrogens is 1. The lowest BCUT2D eigenvalue weighted by atomic mass is 10.1. The molecule has 2 aromatic rings. The molecule has 18 heavy (non-hydrogen) atoms. The first-order valence-corrected chi connectivity index (χ1v) is 5.33. The molecule has 4 heteroatoms. The quantitative estimate of drug-likeness (QED) is 0.771. The minimum Gasteiger partial charge on any atom is -0.438 e. The Bertz CT molecular complexity index is 630. The molecule has 88 valence electrons. The number of nitriles is 1. The Morgan fingerprint density at radius 3 is 2.94 bits per heavy atom. The summed E-state index contributed by atoms with van der Waals surface area (Å²) in [7, 11) is 0. The van der Waals surface area contributed by atoms with Crippen molar-refractivity contribution in [1.29, 1.82) is 5.26 Å². The van der Waals surface area contributed by atoms with Gasteiger partial charge in [0.1, 0.15) is 5.75 Å². The Balaban J connectivity index is 2.40. The second-order valence-electron chi connectivity index (χ2n) is 3.71. The molecule has 0 aliphatic rings. The van der Waals surface area contributed by atoms with Crippen LogP contribution < -0.4 is 4.74 Å². The van der Waals surface area contributed by atoms with Gasteiger partial charge in [0.25, 0.3) is 0 Å². The molecular formula is C14H10N2O2.